The van der Waals surface area contributed by atoms with Crippen molar-refractivity contribution in [2.75, 3.05) is 45.8 Å². The Bertz CT molecular complexity index is 1590. The Morgan fingerprint density at radius 3 is 2.48 bits per heavy atom. The van der Waals surface area contributed by atoms with Crippen molar-refractivity contribution in [2.24, 2.45) is 0 Å². The molecule has 11 nitrogen and oxygen atoms in total. The third-order valence-corrected chi connectivity index (χ3v) is 7.94. The van der Waals surface area contributed by atoms with E-state index in [1.54, 1.807) is 10.6 Å². The van der Waals surface area contributed by atoms with Crippen LogP contribution in [0.1, 0.15) is 45.6 Å². The topological polar surface area (TPSA) is 117 Å². The molecule has 3 aromatic heterocycles. The SMILES string of the molecule is CCN(CC)CCOc1ccc(Nc2nnc3cc(-c4c(OC)cnc(Cl)c4OC)c(=O)n(C4CCCC4)c3n2)cc1. The molecule has 222 valence electrons. The van der Waals surface area contributed by atoms with Gasteiger partial charge in [-0.1, -0.05) is 38.3 Å². The largest absolute Gasteiger partial charge is 0.494 e. The molecule has 12 heteroatoms. The molecule has 1 fully saturated rings. The fourth-order valence-electron chi connectivity index (χ4n) is 5.40. The van der Waals surface area contributed by atoms with Crippen molar-refractivity contribution >= 4 is 34.4 Å². The molecule has 42 heavy (non-hydrogen) atoms. The smallest absolute Gasteiger partial charge is 0.260 e. The van der Waals surface area contributed by atoms with Crippen LogP contribution >= 0.6 is 11.6 Å². The maximum Gasteiger partial charge on any atom is 0.260 e. The maximum absolute atomic E-state index is 14.2. The van der Waals surface area contributed by atoms with Gasteiger partial charge in [0.05, 0.1) is 31.5 Å². The maximum atomic E-state index is 14.2. The molecule has 1 saturated carbocycles. The standard InChI is InChI=1S/C30H36ClN7O4/c1-5-37(6-2)15-16-42-21-13-11-19(12-14-21)33-30-34-28-23(35-36-30)17-22(29(39)38(28)20-9-7-8-10-20)25-24(40-3)18-32-27(31)26(25)41-4/h11-14,17-18,20H,5-10,15-16H2,1-4H3,(H,33,34,36). The molecule has 1 aliphatic rings. The molecule has 0 saturated heterocycles. The van der Waals surface area contributed by atoms with Crippen LogP contribution in [-0.2, 0) is 0 Å². The lowest BCUT2D eigenvalue weighted by Crippen LogP contribution is -2.27. The van der Waals surface area contributed by atoms with Crippen molar-refractivity contribution in [3.8, 4) is 28.4 Å². The summed E-state index contributed by atoms with van der Waals surface area (Å²) in [6.07, 6.45) is 5.27. The van der Waals surface area contributed by atoms with Gasteiger partial charge in [0.1, 0.15) is 23.6 Å². The van der Waals surface area contributed by atoms with Crippen LogP contribution in [0, 0.1) is 0 Å². The van der Waals surface area contributed by atoms with E-state index in [1.807, 2.05) is 24.3 Å². The van der Waals surface area contributed by atoms with Gasteiger partial charge < -0.3 is 24.4 Å². The van der Waals surface area contributed by atoms with Gasteiger partial charge in [-0.2, -0.15) is 4.98 Å². The van der Waals surface area contributed by atoms with E-state index in [2.05, 4.69) is 39.2 Å². The van der Waals surface area contributed by atoms with Crippen LogP contribution < -0.4 is 25.1 Å². The second-order valence-corrected chi connectivity index (χ2v) is 10.4. The number of fused-ring (bicyclic) bond motifs is 1. The van der Waals surface area contributed by atoms with Crippen molar-refractivity contribution in [3.63, 3.8) is 0 Å². The molecule has 0 unspecified atom stereocenters. The minimum absolute atomic E-state index is 0.0217. The normalized spacial score (nSPS) is 13.6. The molecule has 0 radical (unpaired) electrons. The highest BCUT2D eigenvalue weighted by Crippen LogP contribution is 2.41. The fourth-order valence-corrected chi connectivity index (χ4v) is 5.62. The number of nitrogens with one attached hydrogen (secondary N) is 1. The van der Waals surface area contributed by atoms with E-state index in [1.165, 1.54) is 20.4 Å². The highest BCUT2D eigenvalue weighted by atomic mass is 35.5. The molecule has 0 bridgehead atoms. The summed E-state index contributed by atoms with van der Waals surface area (Å²) in [5.74, 6) is 1.70. The number of aromatic nitrogens is 5. The monoisotopic (exact) mass is 593 g/mol. The summed E-state index contributed by atoms with van der Waals surface area (Å²) in [4.78, 5) is 25.4. The molecule has 3 heterocycles. The molecule has 5 rings (SSSR count). The Kier molecular flexibility index (Phi) is 9.38. The van der Waals surface area contributed by atoms with E-state index in [0.29, 0.717) is 40.6 Å². The molecule has 0 amide bonds. The van der Waals surface area contributed by atoms with E-state index >= 15 is 0 Å². The molecule has 4 aromatic rings. The average molecular weight is 594 g/mol. The van der Waals surface area contributed by atoms with Crippen LogP contribution in [0.4, 0.5) is 11.6 Å². The molecular formula is C30H36ClN7O4. The first-order valence-electron chi connectivity index (χ1n) is 14.3. The van der Waals surface area contributed by atoms with Crippen LogP contribution in [0.2, 0.25) is 5.15 Å². The summed E-state index contributed by atoms with van der Waals surface area (Å²) in [6, 6.07) is 9.25. The van der Waals surface area contributed by atoms with Crippen molar-refractivity contribution in [1.82, 2.24) is 29.6 Å². The quantitative estimate of drug-likeness (QED) is 0.211. The Morgan fingerprint density at radius 2 is 1.81 bits per heavy atom. The summed E-state index contributed by atoms with van der Waals surface area (Å²) < 4.78 is 18.7. The Hall–Kier alpha value is -3.96. The van der Waals surface area contributed by atoms with Crippen molar-refractivity contribution in [1.29, 1.82) is 0 Å². The van der Waals surface area contributed by atoms with Crippen LogP contribution in [-0.4, -0.2) is 70.1 Å². The number of benzene rings is 1. The molecule has 0 spiro atoms. The molecule has 1 aliphatic carbocycles. The lowest BCUT2D eigenvalue weighted by Gasteiger charge is -2.19. The number of hydrogen-bond donors (Lipinski definition) is 1. The van der Waals surface area contributed by atoms with E-state index in [0.717, 1.165) is 56.8 Å². The van der Waals surface area contributed by atoms with Crippen LogP contribution in [0.25, 0.3) is 22.3 Å². The van der Waals surface area contributed by atoms with Gasteiger partial charge in [-0.3, -0.25) is 9.36 Å². The Balaban J connectivity index is 1.49. The Morgan fingerprint density at radius 1 is 1.07 bits per heavy atom. The summed E-state index contributed by atoms with van der Waals surface area (Å²) in [5.41, 5.74) is 2.23. The molecule has 1 N–H and O–H groups in total. The molecule has 1 aromatic carbocycles. The van der Waals surface area contributed by atoms with Gasteiger partial charge in [0.15, 0.2) is 16.5 Å². The predicted octanol–water partition coefficient (Wildman–Crippen LogP) is 5.50. The third-order valence-electron chi connectivity index (χ3n) is 7.67. The molecular weight excluding hydrogens is 558 g/mol. The van der Waals surface area contributed by atoms with Gasteiger partial charge in [-0.15, -0.1) is 10.2 Å². The van der Waals surface area contributed by atoms with Crippen LogP contribution in [0.15, 0.2) is 41.3 Å². The van der Waals surface area contributed by atoms with E-state index < -0.39 is 0 Å². The molecule has 0 atom stereocenters. The lowest BCUT2D eigenvalue weighted by molar-refractivity contribution is 0.223. The number of nitrogens with zero attached hydrogens (tertiary/aromatic N) is 6. The van der Waals surface area contributed by atoms with Crippen LogP contribution in [0.3, 0.4) is 0 Å². The van der Waals surface area contributed by atoms with Gasteiger partial charge in [0, 0.05) is 18.3 Å². The number of hydrogen-bond acceptors (Lipinski definition) is 10. The third kappa shape index (κ3) is 6.12. The first kappa shape index (κ1) is 29.5. The first-order valence-corrected chi connectivity index (χ1v) is 14.6. The second kappa shape index (κ2) is 13.3. The van der Waals surface area contributed by atoms with Crippen LogP contribution in [0.5, 0.6) is 17.2 Å². The fraction of sp³-hybridized carbons (Fsp3) is 0.433. The average Bonchev–Trinajstić information content (AvgIpc) is 3.54. The zero-order valence-corrected chi connectivity index (χ0v) is 25.1. The zero-order chi connectivity index (χ0) is 29.6. The predicted molar refractivity (Wildman–Crippen MR) is 163 cm³/mol. The van der Waals surface area contributed by atoms with Gasteiger partial charge in [-0.05, 0) is 56.3 Å². The Labute approximate surface area is 249 Å². The lowest BCUT2D eigenvalue weighted by atomic mass is 10.1. The minimum Gasteiger partial charge on any atom is -0.494 e. The van der Waals surface area contributed by atoms with Gasteiger partial charge in [0.2, 0.25) is 5.95 Å². The highest BCUT2D eigenvalue weighted by Gasteiger charge is 2.27. The van der Waals surface area contributed by atoms with Gasteiger partial charge in [-0.25, -0.2) is 4.98 Å². The number of ether oxygens (including phenoxy) is 3. The second-order valence-electron chi connectivity index (χ2n) is 10.1. The summed E-state index contributed by atoms with van der Waals surface area (Å²) in [7, 11) is 2.99. The van der Waals surface area contributed by atoms with Gasteiger partial charge >= 0.3 is 0 Å². The number of likely N-dealkylation sites (N-methyl/N-ethyl adjacent to an activating group) is 1. The molecule has 0 aliphatic heterocycles. The van der Waals surface area contributed by atoms with E-state index in [-0.39, 0.29) is 22.5 Å². The zero-order valence-electron chi connectivity index (χ0n) is 24.4. The van der Waals surface area contributed by atoms with Crippen molar-refractivity contribution < 1.29 is 14.2 Å². The minimum atomic E-state index is -0.231. The number of methoxy groups -OCH3 is 2. The first-order chi connectivity index (χ1) is 20.5. The summed E-state index contributed by atoms with van der Waals surface area (Å²) in [5, 5.41) is 12.1. The number of anilines is 2. The van der Waals surface area contributed by atoms with Gasteiger partial charge in [0.25, 0.3) is 5.56 Å². The summed E-state index contributed by atoms with van der Waals surface area (Å²) in [6.45, 7) is 7.78. The number of halogens is 1. The van der Waals surface area contributed by atoms with E-state index in [4.69, 9.17) is 30.8 Å². The number of pyridine rings is 2. The summed E-state index contributed by atoms with van der Waals surface area (Å²) >= 11 is 6.34. The highest BCUT2D eigenvalue weighted by molar-refractivity contribution is 6.31. The number of rotatable bonds is 12. The van der Waals surface area contributed by atoms with Crippen molar-refractivity contribution in [2.45, 2.75) is 45.6 Å². The van der Waals surface area contributed by atoms with Crippen molar-refractivity contribution in [3.05, 3.63) is 52.0 Å². The van der Waals surface area contributed by atoms with E-state index in [9.17, 15) is 4.79 Å².